The van der Waals surface area contributed by atoms with Gasteiger partial charge in [0, 0.05) is 18.0 Å². The molecule has 0 radical (unpaired) electrons. The number of hydrogen-bond acceptors (Lipinski definition) is 6. The fourth-order valence-corrected chi connectivity index (χ4v) is 3.84. The minimum atomic E-state index is -0.325. The Kier molecular flexibility index (Phi) is 7.06. The first-order valence-electron chi connectivity index (χ1n) is 9.77. The SMILES string of the molecule is CCOc1ccccc1NC1=C(c2cccs2)C(=O)N(CCCOC(C)C)C1=O. The Hall–Kier alpha value is -2.64. The van der Waals surface area contributed by atoms with Gasteiger partial charge >= 0.3 is 0 Å². The molecule has 0 unspecified atom stereocenters. The summed E-state index contributed by atoms with van der Waals surface area (Å²) in [5.41, 5.74) is 1.35. The summed E-state index contributed by atoms with van der Waals surface area (Å²) in [5, 5.41) is 5.06. The number of rotatable bonds is 10. The predicted molar refractivity (Wildman–Crippen MR) is 115 cm³/mol. The van der Waals surface area contributed by atoms with Crippen LogP contribution in [0.2, 0.25) is 0 Å². The van der Waals surface area contributed by atoms with Crippen molar-refractivity contribution in [2.75, 3.05) is 25.1 Å². The van der Waals surface area contributed by atoms with E-state index in [9.17, 15) is 9.59 Å². The Morgan fingerprint density at radius 3 is 2.59 bits per heavy atom. The lowest BCUT2D eigenvalue weighted by Crippen LogP contribution is -2.34. The van der Waals surface area contributed by atoms with Crippen molar-refractivity contribution in [1.82, 2.24) is 4.90 Å². The lowest BCUT2D eigenvalue weighted by atomic mass is 10.2. The van der Waals surface area contributed by atoms with Crippen LogP contribution in [-0.2, 0) is 14.3 Å². The number of thiophene rings is 1. The molecule has 0 spiro atoms. The standard InChI is InChI=1S/C22H26N2O4S/c1-4-27-17-10-6-5-9-16(17)23-20-19(18-11-7-14-29-18)21(25)24(22(20)26)12-8-13-28-15(2)3/h5-7,9-11,14-15,23H,4,8,12-13H2,1-3H3. The van der Waals surface area contributed by atoms with E-state index in [0.717, 1.165) is 4.88 Å². The molecular formula is C22H26N2O4S. The van der Waals surface area contributed by atoms with Gasteiger partial charge in [-0.25, -0.2) is 0 Å². The molecule has 6 nitrogen and oxygen atoms in total. The highest BCUT2D eigenvalue weighted by atomic mass is 32.1. The van der Waals surface area contributed by atoms with Crippen molar-refractivity contribution in [3.8, 4) is 5.75 Å². The van der Waals surface area contributed by atoms with E-state index >= 15 is 0 Å². The molecule has 0 saturated heterocycles. The highest BCUT2D eigenvalue weighted by Gasteiger charge is 2.39. The minimum Gasteiger partial charge on any atom is -0.492 e. The lowest BCUT2D eigenvalue weighted by molar-refractivity contribution is -0.137. The number of para-hydroxylation sites is 2. The summed E-state index contributed by atoms with van der Waals surface area (Å²) >= 11 is 1.44. The van der Waals surface area contributed by atoms with E-state index in [0.29, 0.717) is 43.2 Å². The second kappa shape index (κ2) is 9.71. The molecule has 1 N–H and O–H groups in total. The van der Waals surface area contributed by atoms with Crippen LogP contribution in [0.1, 0.15) is 32.1 Å². The second-order valence-corrected chi connectivity index (χ2v) is 7.76. The van der Waals surface area contributed by atoms with Crippen LogP contribution in [-0.4, -0.2) is 42.6 Å². The largest absolute Gasteiger partial charge is 0.492 e. The summed E-state index contributed by atoms with van der Waals surface area (Å²) in [6.07, 6.45) is 0.711. The van der Waals surface area contributed by atoms with Gasteiger partial charge in [0.05, 0.1) is 24.0 Å². The number of imide groups is 1. The van der Waals surface area contributed by atoms with Gasteiger partial charge in [-0.15, -0.1) is 11.3 Å². The van der Waals surface area contributed by atoms with Crippen molar-refractivity contribution in [2.45, 2.75) is 33.3 Å². The molecule has 0 bridgehead atoms. The van der Waals surface area contributed by atoms with Crippen LogP contribution in [0.5, 0.6) is 5.75 Å². The molecule has 1 aromatic heterocycles. The molecule has 3 rings (SSSR count). The van der Waals surface area contributed by atoms with Gasteiger partial charge in [-0.05, 0) is 50.8 Å². The number of anilines is 1. The molecule has 0 saturated carbocycles. The molecule has 0 fully saturated rings. The Labute approximate surface area is 175 Å². The maximum atomic E-state index is 13.1. The first-order valence-corrected chi connectivity index (χ1v) is 10.7. The number of amides is 2. The fraction of sp³-hybridized carbons (Fsp3) is 0.364. The number of carbonyl (C=O) groups is 2. The van der Waals surface area contributed by atoms with Crippen LogP contribution in [0.25, 0.3) is 5.57 Å². The summed E-state index contributed by atoms with van der Waals surface area (Å²) in [5.74, 6) is 0.0321. The topological polar surface area (TPSA) is 67.9 Å². The summed E-state index contributed by atoms with van der Waals surface area (Å²) in [4.78, 5) is 28.3. The van der Waals surface area contributed by atoms with E-state index in [2.05, 4.69) is 5.32 Å². The summed E-state index contributed by atoms with van der Waals surface area (Å²) < 4.78 is 11.2. The monoisotopic (exact) mass is 414 g/mol. The van der Waals surface area contributed by atoms with Crippen molar-refractivity contribution in [2.24, 2.45) is 0 Å². The third-order valence-electron chi connectivity index (χ3n) is 4.36. The van der Waals surface area contributed by atoms with E-state index in [-0.39, 0.29) is 23.6 Å². The van der Waals surface area contributed by atoms with E-state index in [1.54, 1.807) is 0 Å². The van der Waals surface area contributed by atoms with Gasteiger partial charge < -0.3 is 14.8 Å². The normalized spacial score (nSPS) is 14.3. The van der Waals surface area contributed by atoms with E-state index in [4.69, 9.17) is 9.47 Å². The average molecular weight is 415 g/mol. The minimum absolute atomic E-state index is 0.118. The van der Waals surface area contributed by atoms with E-state index < -0.39 is 0 Å². The van der Waals surface area contributed by atoms with Crippen LogP contribution in [0.15, 0.2) is 47.5 Å². The van der Waals surface area contributed by atoms with Crippen molar-refractivity contribution in [3.63, 3.8) is 0 Å². The molecule has 154 valence electrons. The van der Waals surface area contributed by atoms with Crippen LogP contribution in [0.3, 0.4) is 0 Å². The summed E-state index contributed by atoms with van der Waals surface area (Å²) in [7, 11) is 0. The van der Waals surface area contributed by atoms with Crippen LogP contribution in [0, 0.1) is 0 Å². The maximum absolute atomic E-state index is 13.1. The number of benzene rings is 1. The molecule has 0 atom stereocenters. The number of nitrogens with one attached hydrogen (secondary N) is 1. The lowest BCUT2D eigenvalue weighted by Gasteiger charge is -2.16. The quantitative estimate of drug-likeness (QED) is 0.467. The zero-order valence-electron chi connectivity index (χ0n) is 16.9. The van der Waals surface area contributed by atoms with Gasteiger partial charge in [-0.2, -0.15) is 0 Å². The number of hydrogen-bond donors (Lipinski definition) is 1. The number of carbonyl (C=O) groups excluding carboxylic acids is 2. The van der Waals surface area contributed by atoms with Crippen molar-refractivity contribution >= 4 is 34.4 Å². The zero-order chi connectivity index (χ0) is 20.8. The van der Waals surface area contributed by atoms with Crippen molar-refractivity contribution in [3.05, 3.63) is 52.4 Å². The first-order chi connectivity index (χ1) is 14.0. The fourth-order valence-electron chi connectivity index (χ4n) is 3.07. The molecule has 2 aromatic rings. The van der Waals surface area contributed by atoms with Crippen molar-refractivity contribution in [1.29, 1.82) is 0 Å². The average Bonchev–Trinajstić information content (AvgIpc) is 3.29. The van der Waals surface area contributed by atoms with Gasteiger partial charge in [0.25, 0.3) is 11.8 Å². The van der Waals surface area contributed by atoms with Gasteiger partial charge in [-0.1, -0.05) is 18.2 Å². The summed E-state index contributed by atoms with van der Waals surface area (Å²) in [6, 6.07) is 11.1. The Bertz CT molecular complexity index is 890. The molecule has 1 aliphatic heterocycles. The molecule has 2 heterocycles. The third kappa shape index (κ3) is 4.86. The molecule has 1 aromatic carbocycles. The van der Waals surface area contributed by atoms with E-state index in [1.165, 1.54) is 16.2 Å². The summed E-state index contributed by atoms with van der Waals surface area (Å²) in [6.45, 7) is 7.14. The van der Waals surface area contributed by atoms with Gasteiger partial charge in [0.2, 0.25) is 0 Å². The molecule has 29 heavy (non-hydrogen) atoms. The highest BCUT2D eigenvalue weighted by molar-refractivity contribution is 7.11. The predicted octanol–water partition coefficient (Wildman–Crippen LogP) is 4.15. The van der Waals surface area contributed by atoms with Gasteiger partial charge in [0.15, 0.2) is 0 Å². The Morgan fingerprint density at radius 1 is 1.10 bits per heavy atom. The van der Waals surface area contributed by atoms with Gasteiger partial charge in [0.1, 0.15) is 11.4 Å². The maximum Gasteiger partial charge on any atom is 0.278 e. The third-order valence-corrected chi connectivity index (χ3v) is 5.25. The van der Waals surface area contributed by atoms with Crippen LogP contribution >= 0.6 is 11.3 Å². The zero-order valence-corrected chi connectivity index (χ0v) is 17.8. The highest BCUT2D eigenvalue weighted by Crippen LogP contribution is 2.35. The molecule has 0 aliphatic carbocycles. The molecule has 1 aliphatic rings. The first kappa shape index (κ1) is 21.1. The molecule has 2 amide bonds. The molecular weight excluding hydrogens is 388 g/mol. The number of ether oxygens (including phenoxy) is 2. The van der Waals surface area contributed by atoms with Crippen molar-refractivity contribution < 1.29 is 19.1 Å². The molecule has 7 heteroatoms. The second-order valence-electron chi connectivity index (χ2n) is 6.82. The van der Waals surface area contributed by atoms with E-state index in [1.807, 2.05) is 62.5 Å². The Balaban J connectivity index is 1.87. The van der Waals surface area contributed by atoms with Gasteiger partial charge in [-0.3, -0.25) is 14.5 Å². The van der Waals surface area contributed by atoms with Crippen LogP contribution < -0.4 is 10.1 Å². The number of nitrogens with zero attached hydrogens (tertiary/aromatic N) is 1. The smallest absolute Gasteiger partial charge is 0.278 e. The Morgan fingerprint density at radius 2 is 1.90 bits per heavy atom. The van der Waals surface area contributed by atoms with Crippen LogP contribution in [0.4, 0.5) is 5.69 Å².